The number of benzene rings is 2. The van der Waals surface area contributed by atoms with Crippen LogP contribution in [0.25, 0.3) is 0 Å². The van der Waals surface area contributed by atoms with Crippen molar-refractivity contribution in [2.75, 3.05) is 5.32 Å². The lowest BCUT2D eigenvalue weighted by Crippen LogP contribution is -2.38. The number of imide groups is 1. The fourth-order valence-corrected chi connectivity index (χ4v) is 5.63. The number of nitrogens with one attached hydrogen (secondary N) is 1. The zero-order valence-electron chi connectivity index (χ0n) is 16.2. The van der Waals surface area contributed by atoms with Crippen LogP contribution < -0.4 is 5.32 Å². The van der Waals surface area contributed by atoms with Gasteiger partial charge < -0.3 is 5.32 Å². The van der Waals surface area contributed by atoms with Gasteiger partial charge in [0, 0.05) is 10.2 Å². The minimum atomic E-state index is -0.629. The summed E-state index contributed by atoms with van der Waals surface area (Å²) < 4.78 is 0.842. The maximum atomic E-state index is 13.4. The number of hydrogen-bond acceptors (Lipinski definition) is 3. The fourth-order valence-electron chi connectivity index (χ4n) is 5.21. The summed E-state index contributed by atoms with van der Waals surface area (Å²) in [7, 11) is 0. The Morgan fingerprint density at radius 3 is 2.30 bits per heavy atom. The molecular weight excluding hydrogens is 444 g/mol. The second-order valence-electron chi connectivity index (χ2n) is 8.24. The third-order valence-corrected chi connectivity index (χ3v) is 6.98. The van der Waals surface area contributed by atoms with Crippen LogP contribution in [-0.2, 0) is 14.4 Å². The molecular formula is C24H21BrN2O3. The Morgan fingerprint density at radius 2 is 1.67 bits per heavy atom. The van der Waals surface area contributed by atoms with E-state index in [1.54, 1.807) is 0 Å². The Morgan fingerprint density at radius 1 is 1.00 bits per heavy atom. The lowest BCUT2D eigenvalue weighted by atomic mass is 9.85. The van der Waals surface area contributed by atoms with Gasteiger partial charge in [-0.3, -0.25) is 19.3 Å². The first kappa shape index (κ1) is 19.2. The van der Waals surface area contributed by atoms with Crippen molar-refractivity contribution in [3.05, 3.63) is 76.8 Å². The summed E-state index contributed by atoms with van der Waals surface area (Å²) in [5.41, 5.74) is 1.46. The Bertz CT molecular complexity index is 1020. The molecule has 0 radical (unpaired) electrons. The molecule has 5 unspecified atom stereocenters. The number of nitrogens with zero attached hydrogens (tertiary/aromatic N) is 1. The van der Waals surface area contributed by atoms with E-state index in [2.05, 4.69) is 33.4 Å². The quantitative estimate of drug-likeness (QED) is 0.528. The summed E-state index contributed by atoms with van der Waals surface area (Å²) in [6.07, 6.45) is 5.06. The number of amides is 3. The molecule has 1 aliphatic heterocycles. The highest BCUT2D eigenvalue weighted by Gasteiger charge is 2.60. The van der Waals surface area contributed by atoms with E-state index in [9.17, 15) is 14.4 Å². The Hall–Kier alpha value is -2.73. The SMILES string of the molecule is O=C(CC(c1cccc(Br)c1)N1C(=O)C2C3C=CC(C3)C2C1=O)Nc1ccccc1. The van der Waals surface area contributed by atoms with E-state index in [1.165, 1.54) is 4.90 Å². The van der Waals surface area contributed by atoms with Crippen LogP contribution in [0.3, 0.4) is 0 Å². The Kier molecular flexibility index (Phi) is 4.82. The van der Waals surface area contributed by atoms with Crippen molar-refractivity contribution < 1.29 is 14.4 Å². The predicted octanol–water partition coefficient (Wildman–Crippen LogP) is 4.33. The number of likely N-dealkylation sites (tertiary alicyclic amines) is 1. The first-order chi connectivity index (χ1) is 14.5. The van der Waals surface area contributed by atoms with E-state index in [1.807, 2.05) is 54.6 Å². The van der Waals surface area contributed by atoms with E-state index >= 15 is 0 Å². The van der Waals surface area contributed by atoms with Gasteiger partial charge in [-0.2, -0.15) is 0 Å². The number of allylic oxidation sites excluding steroid dienone is 2. The highest BCUT2D eigenvalue weighted by atomic mass is 79.9. The smallest absolute Gasteiger partial charge is 0.234 e. The molecule has 0 aromatic heterocycles. The number of rotatable bonds is 5. The van der Waals surface area contributed by atoms with Crippen LogP contribution in [-0.4, -0.2) is 22.6 Å². The van der Waals surface area contributed by atoms with Crippen molar-refractivity contribution in [1.82, 2.24) is 4.90 Å². The summed E-state index contributed by atoms with van der Waals surface area (Å²) in [6.45, 7) is 0. The highest BCUT2D eigenvalue weighted by molar-refractivity contribution is 9.10. The van der Waals surface area contributed by atoms with E-state index < -0.39 is 6.04 Å². The van der Waals surface area contributed by atoms with Gasteiger partial charge >= 0.3 is 0 Å². The van der Waals surface area contributed by atoms with E-state index in [0.29, 0.717) is 5.69 Å². The van der Waals surface area contributed by atoms with Crippen LogP contribution in [0, 0.1) is 23.7 Å². The molecule has 1 saturated heterocycles. The Balaban J connectivity index is 1.45. The number of para-hydroxylation sites is 1. The molecule has 2 aromatic rings. The number of anilines is 1. The number of fused-ring (bicyclic) bond motifs is 5. The first-order valence-corrected chi connectivity index (χ1v) is 11.0. The highest BCUT2D eigenvalue weighted by Crippen LogP contribution is 2.54. The summed E-state index contributed by atoms with van der Waals surface area (Å²) in [5.74, 6) is -0.784. The van der Waals surface area contributed by atoms with Crippen LogP contribution >= 0.6 is 15.9 Å². The van der Waals surface area contributed by atoms with Gasteiger partial charge in [0.2, 0.25) is 17.7 Å². The molecule has 1 heterocycles. The molecule has 3 aliphatic rings. The topological polar surface area (TPSA) is 66.5 Å². The van der Waals surface area contributed by atoms with Gasteiger partial charge in [-0.15, -0.1) is 0 Å². The molecule has 1 N–H and O–H groups in total. The molecule has 152 valence electrons. The Labute approximate surface area is 183 Å². The molecule has 2 aliphatic carbocycles. The summed E-state index contributed by atoms with van der Waals surface area (Å²) in [5, 5.41) is 2.88. The maximum Gasteiger partial charge on any atom is 0.234 e. The molecule has 5 rings (SSSR count). The van der Waals surface area contributed by atoms with Gasteiger partial charge in [0.1, 0.15) is 0 Å². The van der Waals surface area contributed by atoms with Gasteiger partial charge in [0.05, 0.1) is 24.3 Å². The maximum absolute atomic E-state index is 13.4. The van der Waals surface area contributed by atoms with Crippen LogP contribution in [0.1, 0.15) is 24.4 Å². The molecule has 2 aromatic carbocycles. The summed E-state index contributed by atoms with van der Waals surface area (Å²) in [6, 6.07) is 16.1. The van der Waals surface area contributed by atoms with Crippen molar-refractivity contribution in [2.45, 2.75) is 18.9 Å². The van der Waals surface area contributed by atoms with Crippen molar-refractivity contribution >= 4 is 39.3 Å². The molecule has 0 spiro atoms. The van der Waals surface area contributed by atoms with Crippen LogP contribution in [0.2, 0.25) is 0 Å². The zero-order valence-corrected chi connectivity index (χ0v) is 17.8. The molecule has 2 bridgehead atoms. The van der Waals surface area contributed by atoms with Gasteiger partial charge in [-0.25, -0.2) is 0 Å². The van der Waals surface area contributed by atoms with E-state index in [4.69, 9.17) is 0 Å². The fraction of sp³-hybridized carbons (Fsp3) is 0.292. The van der Waals surface area contributed by atoms with Gasteiger partial charge in [0.15, 0.2) is 0 Å². The largest absolute Gasteiger partial charge is 0.326 e. The normalized spacial score (nSPS) is 27.4. The average molecular weight is 465 g/mol. The predicted molar refractivity (Wildman–Crippen MR) is 116 cm³/mol. The molecule has 30 heavy (non-hydrogen) atoms. The molecule has 2 fully saturated rings. The number of halogens is 1. The molecule has 6 heteroatoms. The van der Waals surface area contributed by atoms with Crippen LogP contribution in [0.5, 0.6) is 0 Å². The van der Waals surface area contributed by atoms with Crippen LogP contribution in [0.4, 0.5) is 5.69 Å². The van der Waals surface area contributed by atoms with Crippen LogP contribution in [0.15, 0.2) is 71.2 Å². The number of carbonyl (C=O) groups excluding carboxylic acids is 3. The first-order valence-electron chi connectivity index (χ1n) is 10.2. The standard InChI is InChI=1S/C24H21BrN2O3/c25-17-6-4-5-14(12-17)19(13-20(28)26-18-7-2-1-3-8-18)27-23(29)21-15-9-10-16(11-15)22(21)24(27)30/h1-10,12,15-16,19,21-22H,11,13H2,(H,26,28). The summed E-state index contributed by atoms with van der Waals surface area (Å²) in [4.78, 5) is 40.9. The monoisotopic (exact) mass is 464 g/mol. The third kappa shape index (κ3) is 3.19. The van der Waals surface area contributed by atoms with Gasteiger partial charge in [0.25, 0.3) is 0 Å². The average Bonchev–Trinajstić information content (AvgIpc) is 3.41. The zero-order chi connectivity index (χ0) is 20.8. The van der Waals surface area contributed by atoms with Gasteiger partial charge in [-0.1, -0.05) is 58.4 Å². The van der Waals surface area contributed by atoms with Gasteiger partial charge in [-0.05, 0) is 48.1 Å². The lowest BCUT2D eigenvalue weighted by Gasteiger charge is -2.28. The number of carbonyl (C=O) groups is 3. The minimum Gasteiger partial charge on any atom is -0.326 e. The van der Waals surface area contributed by atoms with Crippen molar-refractivity contribution in [1.29, 1.82) is 0 Å². The van der Waals surface area contributed by atoms with Crippen molar-refractivity contribution in [3.63, 3.8) is 0 Å². The number of hydrogen-bond donors (Lipinski definition) is 1. The lowest BCUT2D eigenvalue weighted by molar-refractivity contribution is -0.144. The van der Waals surface area contributed by atoms with Crippen molar-refractivity contribution in [2.24, 2.45) is 23.7 Å². The molecule has 5 atom stereocenters. The summed E-state index contributed by atoms with van der Waals surface area (Å²) >= 11 is 3.47. The molecule has 5 nitrogen and oxygen atoms in total. The minimum absolute atomic E-state index is 0.0189. The molecule has 3 amide bonds. The third-order valence-electron chi connectivity index (χ3n) is 6.49. The van der Waals surface area contributed by atoms with Crippen molar-refractivity contribution in [3.8, 4) is 0 Å². The second kappa shape index (κ2) is 7.51. The molecule has 1 saturated carbocycles. The van der Waals surface area contributed by atoms with E-state index in [-0.39, 0.29) is 47.8 Å². The van der Waals surface area contributed by atoms with E-state index in [0.717, 1.165) is 16.5 Å². The second-order valence-corrected chi connectivity index (χ2v) is 9.15.